The van der Waals surface area contributed by atoms with Gasteiger partial charge >= 0.3 is 0 Å². The third kappa shape index (κ3) is 3.60. The molecule has 2 aromatic carbocycles. The molecule has 8 heteroatoms. The molecule has 0 saturated carbocycles. The lowest BCUT2D eigenvalue weighted by molar-refractivity contribution is -0.0592. The molecular weight excluding hydrogens is 387 g/mol. The van der Waals surface area contributed by atoms with E-state index in [0.717, 1.165) is 0 Å². The van der Waals surface area contributed by atoms with Crippen LogP contribution in [0, 0.1) is 24.1 Å². The molecule has 0 bridgehead atoms. The molecule has 7 nitrogen and oxygen atoms in total. The lowest BCUT2D eigenvalue weighted by atomic mass is 9.84. The van der Waals surface area contributed by atoms with Crippen molar-refractivity contribution in [3.63, 3.8) is 0 Å². The van der Waals surface area contributed by atoms with Gasteiger partial charge in [0.1, 0.15) is 23.3 Å². The Bertz CT molecular complexity index is 1100. The second-order valence-electron chi connectivity index (χ2n) is 7.80. The van der Waals surface area contributed by atoms with Gasteiger partial charge in [0.25, 0.3) is 0 Å². The van der Waals surface area contributed by atoms with E-state index in [-0.39, 0.29) is 12.4 Å². The zero-order valence-electron chi connectivity index (χ0n) is 16.8. The highest BCUT2D eigenvalue weighted by Crippen LogP contribution is 2.45. The molecule has 0 amide bonds. The van der Waals surface area contributed by atoms with Crippen molar-refractivity contribution in [1.82, 2.24) is 10.1 Å². The topological polar surface area (TPSA) is 95.4 Å². The Hall–Kier alpha value is -3.44. The molecule has 0 saturated heterocycles. The minimum absolute atomic E-state index is 0.181. The summed E-state index contributed by atoms with van der Waals surface area (Å²) in [5.41, 5.74) is 0.847. The molecule has 0 aliphatic carbocycles. The van der Waals surface area contributed by atoms with Crippen molar-refractivity contribution in [3.05, 3.63) is 71.1 Å². The van der Waals surface area contributed by atoms with Gasteiger partial charge < -0.3 is 19.3 Å². The number of nitriles is 1. The van der Waals surface area contributed by atoms with Crippen molar-refractivity contribution >= 4 is 5.69 Å². The van der Waals surface area contributed by atoms with Crippen LogP contribution in [0.5, 0.6) is 5.75 Å². The number of hydrogen-bond donors (Lipinski definition) is 1. The minimum Gasteiger partial charge on any atom is -0.485 e. The second-order valence-corrected chi connectivity index (χ2v) is 7.80. The first-order valence-electron chi connectivity index (χ1n) is 9.51. The SMILES string of the molecule is Cc1noc(CN(c2ccc(F)cc2)[C@H]2c3cc(C#N)ccc3OC(C)(C)[C@@H]2O)n1. The number of aryl methyl sites for hydroxylation is 1. The number of aliphatic hydroxyl groups excluding tert-OH is 1. The van der Waals surface area contributed by atoms with Crippen molar-refractivity contribution in [2.75, 3.05) is 4.90 Å². The number of benzene rings is 2. The molecule has 2 atom stereocenters. The highest BCUT2D eigenvalue weighted by Gasteiger charge is 2.46. The van der Waals surface area contributed by atoms with Crippen LogP contribution in [-0.2, 0) is 6.54 Å². The van der Waals surface area contributed by atoms with E-state index in [9.17, 15) is 14.8 Å². The number of anilines is 1. The largest absolute Gasteiger partial charge is 0.485 e. The number of rotatable bonds is 4. The van der Waals surface area contributed by atoms with Crippen LogP contribution in [0.4, 0.5) is 10.1 Å². The molecule has 3 aromatic rings. The first-order chi connectivity index (χ1) is 14.3. The van der Waals surface area contributed by atoms with Gasteiger partial charge in [0.2, 0.25) is 5.89 Å². The molecule has 30 heavy (non-hydrogen) atoms. The third-order valence-electron chi connectivity index (χ3n) is 5.21. The zero-order valence-corrected chi connectivity index (χ0v) is 16.8. The van der Waals surface area contributed by atoms with Gasteiger partial charge in [-0.2, -0.15) is 10.2 Å². The van der Waals surface area contributed by atoms with Gasteiger partial charge in [0.15, 0.2) is 5.82 Å². The summed E-state index contributed by atoms with van der Waals surface area (Å²) in [6, 6.07) is 12.6. The quantitative estimate of drug-likeness (QED) is 0.704. The normalized spacial score (nSPS) is 19.5. The van der Waals surface area contributed by atoms with Crippen LogP contribution in [-0.4, -0.2) is 27.0 Å². The number of halogens is 1. The van der Waals surface area contributed by atoms with E-state index in [1.165, 1.54) is 12.1 Å². The lowest BCUT2D eigenvalue weighted by Crippen LogP contribution is -2.53. The summed E-state index contributed by atoms with van der Waals surface area (Å²) in [6.45, 7) is 5.49. The van der Waals surface area contributed by atoms with Gasteiger partial charge in [-0.3, -0.25) is 0 Å². The van der Waals surface area contributed by atoms with E-state index in [0.29, 0.717) is 34.3 Å². The molecule has 2 heterocycles. The molecule has 0 spiro atoms. The monoisotopic (exact) mass is 408 g/mol. The maximum Gasteiger partial charge on any atom is 0.246 e. The average Bonchev–Trinajstić information content (AvgIpc) is 3.13. The first-order valence-corrected chi connectivity index (χ1v) is 9.51. The average molecular weight is 408 g/mol. The van der Waals surface area contributed by atoms with Crippen molar-refractivity contribution in [2.45, 2.75) is 45.1 Å². The summed E-state index contributed by atoms with van der Waals surface area (Å²) in [7, 11) is 0. The van der Waals surface area contributed by atoms with Crippen LogP contribution in [0.2, 0.25) is 0 Å². The fourth-order valence-electron chi connectivity index (χ4n) is 3.71. The summed E-state index contributed by atoms with van der Waals surface area (Å²) in [5.74, 6) is 1.05. The van der Waals surface area contributed by atoms with E-state index in [1.54, 1.807) is 51.1 Å². The summed E-state index contributed by atoms with van der Waals surface area (Å²) in [5, 5.41) is 24.5. The van der Waals surface area contributed by atoms with Crippen molar-refractivity contribution in [1.29, 1.82) is 5.26 Å². The minimum atomic E-state index is -0.965. The van der Waals surface area contributed by atoms with Gasteiger partial charge in [-0.05, 0) is 63.2 Å². The van der Waals surface area contributed by atoms with Gasteiger partial charge in [0.05, 0.1) is 24.2 Å². The van der Waals surface area contributed by atoms with Crippen LogP contribution in [0.1, 0.15) is 42.7 Å². The standard InChI is InChI=1S/C22H21FN4O3/c1-13-25-19(30-26-13)12-27(16-7-5-15(23)6-8-16)20-17-10-14(11-24)4-9-18(17)29-22(2,3)21(20)28/h4-10,20-21,28H,12H2,1-3H3/t20-,21+/m0/s1. The highest BCUT2D eigenvalue weighted by molar-refractivity contribution is 5.54. The zero-order chi connectivity index (χ0) is 21.5. The molecule has 1 aromatic heterocycles. The molecule has 1 aliphatic heterocycles. The number of fused-ring (bicyclic) bond motifs is 1. The van der Waals surface area contributed by atoms with Crippen LogP contribution >= 0.6 is 0 Å². The second kappa shape index (κ2) is 7.43. The maximum atomic E-state index is 13.6. The summed E-state index contributed by atoms with van der Waals surface area (Å²) in [6.07, 6.45) is -0.965. The highest BCUT2D eigenvalue weighted by atomic mass is 19.1. The van der Waals surface area contributed by atoms with Crippen LogP contribution in [0.25, 0.3) is 0 Å². The van der Waals surface area contributed by atoms with E-state index < -0.39 is 17.7 Å². The van der Waals surface area contributed by atoms with Crippen molar-refractivity contribution in [2.24, 2.45) is 0 Å². The predicted molar refractivity (Wildman–Crippen MR) is 106 cm³/mol. The Balaban J connectivity index is 1.87. The molecule has 0 unspecified atom stereocenters. The van der Waals surface area contributed by atoms with Gasteiger partial charge in [-0.1, -0.05) is 5.16 Å². The Morgan fingerprint density at radius 3 is 2.60 bits per heavy atom. The van der Waals surface area contributed by atoms with E-state index in [1.807, 2.05) is 4.90 Å². The molecular formula is C22H21FN4O3. The number of aliphatic hydroxyl groups is 1. The lowest BCUT2D eigenvalue weighted by Gasteiger charge is -2.46. The van der Waals surface area contributed by atoms with E-state index >= 15 is 0 Å². The number of nitrogens with zero attached hydrogens (tertiary/aromatic N) is 4. The van der Waals surface area contributed by atoms with E-state index in [2.05, 4.69) is 16.2 Å². The number of aromatic nitrogens is 2. The van der Waals surface area contributed by atoms with Crippen LogP contribution in [0.3, 0.4) is 0 Å². The van der Waals surface area contributed by atoms with Gasteiger partial charge in [-0.15, -0.1) is 0 Å². The summed E-state index contributed by atoms with van der Waals surface area (Å²) < 4.78 is 24.9. The fourth-order valence-corrected chi connectivity index (χ4v) is 3.71. The maximum absolute atomic E-state index is 13.6. The predicted octanol–water partition coefficient (Wildman–Crippen LogP) is 3.67. The molecule has 1 aliphatic rings. The fraction of sp³-hybridized carbons (Fsp3) is 0.318. The molecule has 1 N–H and O–H groups in total. The number of hydrogen-bond acceptors (Lipinski definition) is 7. The summed E-state index contributed by atoms with van der Waals surface area (Å²) >= 11 is 0. The molecule has 4 rings (SSSR count). The van der Waals surface area contributed by atoms with Crippen LogP contribution < -0.4 is 9.64 Å². The Morgan fingerprint density at radius 2 is 1.97 bits per heavy atom. The van der Waals surface area contributed by atoms with E-state index in [4.69, 9.17) is 9.26 Å². The van der Waals surface area contributed by atoms with Gasteiger partial charge in [-0.25, -0.2) is 4.39 Å². The van der Waals surface area contributed by atoms with Crippen molar-refractivity contribution in [3.8, 4) is 11.8 Å². The molecule has 0 fully saturated rings. The van der Waals surface area contributed by atoms with Crippen LogP contribution in [0.15, 0.2) is 47.0 Å². The van der Waals surface area contributed by atoms with Gasteiger partial charge in [0, 0.05) is 11.3 Å². The summed E-state index contributed by atoms with van der Waals surface area (Å²) in [4.78, 5) is 6.14. The molecule has 154 valence electrons. The van der Waals surface area contributed by atoms with Crippen molar-refractivity contribution < 1.29 is 18.8 Å². The Kier molecular flexibility index (Phi) is 4.92. The smallest absolute Gasteiger partial charge is 0.246 e. The third-order valence-corrected chi connectivity index (χ3v) is 5.21. The Labute approximate surface area is 173 Å². The number of ether oxygens (including phenoxy) is 1. The molecule has 0 radical (unpaired) electrons. The Morgan fingerprint density at radius 1 is 1.23 bits per heavy atom. The first kappa shape index (κ1) is 19.9.